The second kappa shape index (κ2) is 10.7. The lowest BCUT2D eigenvalue weighted by Crippen LogP contribution is -2.51. The summed E-state index contributed by atoms with van der Waals surface area (Å²) in [5.74, 6) is 0. The van der Waals surface area contributed by atoms with Crippen molar-refractivity contribution in [3.05, 3.63) is 103 Å². The lowest BCUT2D eigenvalue weighted by molar-refractivity contribution is 1.18. The van der Waals surface area contributed by atoms with Gasteiger partial charge in [0.05, 0.1) is 28.1 Å². The van der Waals surface area contributed by atoms with E-state index in [0.29, 0.717) is 0 Å². The zero-order valence-electron chi connectivity index (χ0n) is 28.1. The molecule has 0 aliphatic carbocycles. The number of hydrogen-bond acceptors (Lipinski definition) is 1. The Morgan fingerprint density at radius 3 is 1.09 bits per heavy atom. The molecule has 0 aliphatic heterocycles. The van der Waals surface area contributed by atoms with Gasteiger partial charge in [-0.1, -0.05) is 100 Å². The number of hydrogen-bond donors (Lipinski definition) is 0. The summed E-state index contributed by atoms with van der Waals surface area (Å²) in [5.41, 5.74) is 18.4. The van der Waals surface area contributed by atoms with Gasteiger partial charge in [0, 0.05) is 38.5 Å². The molecular formula is C37H30B7N3. The average molecular weight is 592 g/mol. The fourth-order valence-electron chi connectivity index (χ4n) is 8.10. The molecule has 6 aromatic carbocycles. The lowest BCUT2D eigenvalue weighted by Gasteiger charge is -2.29. The number of rotatable bonds is 3. The molecule has 0 radical (unpaired) electrons. The number of aromatic nitrogens is 2. The van der Waals surface area contributed by atoms with Crippen LogP contribution in [0.3, 0.4) is 0 Å². The van der Waals surface area contributed by atoms with Gasteiger partial charge in [0.25, 0.3) is 0 Å². The molecule has 0 spiro atoms. The number of nitrogens with zero attached hydrogens (tertiary/aromatic N) is 3. The summed E-state index contributed by atoms with van der Waals surface area (Å²) in [7, 11) is 15.5. The van der Waals surface area contributed by atoms with Crippen molar-refractivity contribution >= 4 is 137 Å². The smallest absolute Gasteiger partial charge is 0.143 e. The van der Waals surface area contributed by atoms with Crippen molar-refractivity contribution in [1.29, 1.82) is 5.26 Å². The van der Waals surface area contributed by atoms with E-state index in [9.17, 15) is 5.26 Å². The maximum atomic E-state index is 10.6. The van der Waals surface area contributed by atoms with Crippen molar-refractivity contribution in [1.82, 2.24) is 9.13 Å². The molecule has 47 heavy (non-hydrogen) atoms. The number of para-hydroxylation sites is 4. The van der Waals surface area contributed by atoms with Gasteiger partial charge in [-0.3, -0.25) is 0 Å². The molecule has 0 bridgehead atoms. The molecule has 8 aromatic rings. The van der Waals surface area contributed by atoms with Crippen LogP contribution in [-0.4, -0.2) is 64.1 Å². The Kier molecular flexibility index (Phi) is 6.67. The van der Waals surface area contributed by atoms with E-state index in [1.807, 2.05) is 0 Å². The zero-order chi connectivity index (χ0) is 32.7. The minimum absolute atomic E-state index is 0.750. The molecule has 8 rings (SSSR count). The SMILES string of the molecule is Bc1c(B)c(B)c(-n2c3ccccc3c3ccccc32)c(-c2c(B)c(B)c(C#N)c(B)c2-n2c3ccccc3c3ccccc32)c1B. The molecule has 0 N–H and O–H groups in total. The first-order chi connectivity index (χ1) is 22.8. The monoisotopic (exact) mass is 593 g/mol. The van der Waals surface area contributed by atoms with Crippen LogP contribution in [0.15, 0.2) is 97.1 Å². The average Bonchev–Trinajstić information content (AvgIpc) is 3.60. The molecule has 0 fully saturated rings. The molecule has 0 atom stereocenters. The highest BCUT2D eigenvalue weighted by atomic mass is 15.0. The van der Waals surface area contributed by atoms with Crippen molar-refractivity contribution in [3.63, 3.8) is 0 Å². The van der Waals surface area contributed by atoms with E-state index >= 15 is 0 Å². The zero-order valence-corrected chi connectivity index (χ0v) is 28.1. The highest BCUT2D eigenvalue weighted by molar-refractivity contribution is 6.65. The first-order valence-electron chi connectivity index (χ1n) is 16.4. The van der Waals surface area contributed by atoms with E-state index in [2.05, 4.69) is 167 Å². The van der Waals surface area contributed by atoms with Crippen molar-refractivity contribution in [2.24, 2.45) is 0 Å². The van der Waals surface area contributed by atoms with E-state index in [1.165, 1.54) is 71.2 Å². The normalized spacial score (nSPS) is 11.6. The number of benzene rings is 6. The second-order valence-electron chi connectivity index (χ2n) is 13.0. The fourth-order valence-corrected chi connectivity index (χ4v) is 8.10. The van der Waals surface area contributed by atoms with E-state index in [1.54, 1.807) is 0 Å². The predicted molar refractivity (Wildman–Crippen MR) is 223 cm³/mol. The van der Waals surface area contributed by atoms with Gasteiger partial charge >= 0.3 is 0 Å². The van der Waals surface area contributed by atoms with E-state index in [4.69, 9.17) is 0 Å². The first-order valence-corrected chi connectivity index (χ1v) is 16.4. The molecule has 214 valence electrons. The van der Waals surface area contributed by atoms with Gasteiger partial charge in [-0.25, -0.2) is 0 Å². The van der Waals surface area contributed by atoms with E-state index < -0.39 is 0 Å². The summed E-state index contributed by atoms with van der Waals surface area (Å²) in [6.45, 7) is 0. The molecule has 0 saturated heterocycles. The first kappa shape index (κ1) is 29.3. The topological polar surface area (TPSA) is 33.6 Å². The molecule has 2 heterocycles. The largest absolute Gasteiger partial charge is 0.309 e. The second-order valence-corrected chi connectivity index (χ2v) is 13.0. The van der Waals surface area contributed by atoms with Crippen LogP contribution in [0.4, 0.5) is 0 Å². The number of nitriles is 1. The van der Waals surface area contributed by atoms with Crippen LogP contribution in [0.2, 0.25) is 0 Å². The summed E-state index contributed by atoms with van der Waals surface area (Å²) in [6.07, 6.45) is 0. The van der Waals surface area contributed by atoms with Gasteiger partial charge < -0.3 is 9.13 Å². The summed E-state index contributed by atoms with van der Waals surface area (Å²) >= 11 is 0. The Morgan fingerprint density at radius 2 is 0.702 bits per heavy atom. The van der Waals surface area contributed by atoms with Gasteiger partial charge in [-0.05, 0) is 40.9 Å². The van der Waals surface area contributed by atoms with Gasteiger partial charge in [0.2, 0.25) is 0 Å². The van der Waals surface area contributed by atoms with Crippen LogP contribution in [0.25, 0.3) is 66.1 Å². The maximum Gasteiger partial charge on any atom is 0.143 e. The highest BCUT2D eigenvalue weighted by Crippen LogP contribution is 2.38. The summed E-state index contributed by atoms with van der Waals surface area (Å²) in [5, 5.41) is 15.5. The van der Waals surface area contributed by atoms with Gasteiger partial charge in [0.15, 0.2) is 0 Å². The molecule has 0 saturated carbocycles. The third kappa shape index (κ3) is 3.96. The predicted octanol–water partition coefficient (Wildman–Crippen LogP) is -2.77. The van der Waals surface area contributed by atoms with Crippen molar-refractivity contribution < 1.29 is 0 Å². The van der Waals surface area contributed by atoms with Crippen LogP contribution in [-0.2, 0) is 0 Å². The third-order valence-corrected chi connectivity index (χ3v) is 10.9. The Bertz CT molecular complexity index is 2570. The third-order valence-electron chi connectivity index (χ3n) is 10.9. The van der Waals surface area contributed by atoms with Crippen LogP contribution < -0.4 is 38.2 Å². The molecule has 0 unspecified atom stereocenters. The maximum absolute atomic E-state index is 10.6. The molecule has 0 amide bonds. The summed E-state index contributed by atoms with van der Waals surface area (Å²) in [4.78, 5) is 0. The Labute approximate surface area is 281 Å². The van der Waals surface area contributed by atoms with E-state index in [0.717, 1.165) is 38.7 Å². The Balaban J connectivity index is 1.65. The highest BCUT2D eigenvalue weighted by Gasteiger charge is 2.28. The molecule has 10 heteroatoms. The van der Waals surface area contributed by atoms with Crippen LogP contribution in [0.1, 0.15) is 5.56 Å². The molecule has 0 aliphatic rings. The van der Waals surface area contributed by atoms with Gasteiger partial charge in [0.1, 0.15) is 54.9 Å². The van der Waals surface area contributed by atoms with Crippen LogP contribution in [0.5, 0.6) is 0 Å². The van der Waals surface area contributed by atoms with Crippen molar-refractivity contribution in [2.75, 3.05) is 0 Å². The molecule has 3 nitrogen and oxygen atoms in total. The van der Waals surface area contributed by atoms with Crippen molar-refractivity contribution in [2.45, 2.75) is 0 Å². The number of fused-ring (bicyclic) bond motifs is 6. The summed E-state index contributed by atoms with van der Waals surface area (Å²) in [6, 6.07) is 37.5. The van der Waals surface area contributed by atoms with E-state index in [-0.39, 0.29) is 0 Å². The Morgan fingerprint density at radius 1 is 0.383 bits per heavy atom. The quantitative estimate of drug-likeness (QED) is 0.205. The summed E-state index contributed by atoms with van der Waals surface area (Å²) < 4.78 is 4.91. The lowest BCUT2D eigenvalue weighted by atomic mass is 9.61. The van der Waals surface area contributed by atoms with Crippen LogP contribution in [0, 0.1) is 11.3 Å². The van der Waals surface area contributed by atoms with Crippen LogP contribution >= 0.6 is 0 Å². The molecule has 2 aromatic heterocycles. The minimum atomic E-state index is 0.750. The van der Waals surface area contributed by atoms with Gasteiger partial charge in [-0.15, -0.1) is 5.46 Å². The van der Waals surface area contributed by atoms with Gasteiger partial charge in [-0.2, -0.15) is 5.26 Å². The Hall–Kier alpha value is -5.14. The standard InChI is InChI=1S/C37H30B7N3/c38-29-22(17-45)30(39)36(46-23-13-5-1-9-18(23)19-10-2-6-14-24(19)46)27(31(29)40)28-32(41)33(42)34(43)35(44)37(28)47-25-15-7-3-11-20(25)21-12-4-8-16-26(21)47/h1-16H,38-44H2. The fraction of sp³-hybridized carbons (Fsp3) is 0. The minimum Gasteiger partial charge on any atom is -0.309 e. The molecular weight excluding hydrogens is 562 g/mol. The van der Waals surface area contributed by atoms with Crippen molar-refractivity contribution in [3.8, 4) is 28.6 Å².